The van der Waals surface area contributed by atoms with E-state index in [0.717, 1.165) is 31.2 Å². The predicted molar refractivity (Wildman–Crippen MR) is 104 cm³/mol. The average Bonchev–Trinajstić information content (AvgIpc) is 2.62. The van der Waals surface area contributed by atoms with Crippen molar-refractivity contribution in [2.24, 2.45) is 0 Å². The summed E-state index contributed by atoms with van der Waals surface area (Å²) in [5.74, 6) is -0.672. The molecule has 3 heteroatoms. The van der Waals surface area contributed by atoms with Gasteiger partial charge in [0.2, 0.25) is 0 Å². The second-order valence-corrected chi connectivity index (χ2v) is 7.10. The fraction of sp³-hybridized carbons (Fsp3) is 0.682. The second kappa shape index (κ2) is 14.9. The average molecular weight is 349 g/mol. The zero-order valence-electron chi connectivity index (χ0n) is 15.7. The minimum atomic E-state index is -0.672. The predicted octanol–water partition coefficient (Wildman–Crippen LogP) is 6.27. The summed E-state index contributed by atoms with van der Waals surface area (Å²) in [5.41, 5.74) is 1.03. The number of hydrogen-bond donors (Lipinski definition) is 2. The molecule has 0 aliphatic carbocycles. The van der Waals surface area contributed by atoms with Gasteiger partial charge in [-0.1, -0.05) is 101 Å². The van der Waals surface area contributed by atoms with E-state index in [1.807, 2.05) is 30.3 Å². The molecule has 0 spiro atoms. The van der Waals surface area contributed by atoms with Crippen LogP contribution in [0, 0.1) is 0 Å². The van der Waals surface area contributed by atoms with Crippen LogP contribution >= 0.6 is 0 Å². The van der Waals surface area contributed by atoms with Crippen LogP contribution in [0.25, 0.3) is 0 Å². The molecule has 0 bridgehead atoms. The van der Waals surface area contributed by atoms with E-state index < -0.39 is 5.97 Å². The van der Waals surface area contributed by atoms with E-state index in [1.54, 1.807) is 0 Å². The number of benzene rings is 1. The largest absolute Gasteiger partial charge is 0.481 e. The van der Waals surface area contributed by atoms with E-state index in [0.29, 0.717) is 6.42 Å². The summed E-state index contributed by atoms with van der Waals surface area (Å²) < 4.78 is 0. The van der Waals surface area contributed by atoms with Gasteiger partial charge in [0.15, 0.2) is 0 Å². The van der Waals surface area contributed by atoms with Gasteiger partial charge in [-0.05, 0) is 18.4 Å². The van der Waals surface area contributed by atoms with Crippen molar-refractivity contribution >= 4 is 5.97 Å². The quantitative estimate of drug-likeness (QED) is 0.346. The van der Waals surface area contributed by atoms with E-state index in [-0.39, 0.29) is 6.10 Å². The minimum absolute atomic E-state index is 0.309. The molecule has 0 aromatic heterocycles. The van der Waals surface area contributed by atoms with Gasteiger partial charge in [-0.25, -0.2) is 0 Å². The van der Waals surface area contributed by atoms with Crippen LogP contribution in [-0.2, 0) is 4.79 Å². The van der Waals surface area contributed by atoms with Crippen molar-refractivity contribution in [1.82, 2.24) is 0 Å². The van der Waals surface area contributed by atoms with Gasteiger partial charge >= 0.3 is 5.97 Å². The normalized spacial score (nSPS) is 12.2. The van der Waals surface area contributed by atoms with E-state index in [9.17, 15) is 9.90 Å². The van der Waals surface area contributed by atoms with Gasteiger partial charge in [0.25, 0.3) is 0 Å². The number of hydrogen-bond acceptors (Lipinski definition) is 2. The molecule has 0 amide bonds. The van der Waals surface area contributed by atoms with E-state index in [1.165, 1.54) is 57.8 Å². The number of unbranched alkanes of at least 4 members (excludes halogenated alkanes) is 11. The highest BCUT2D eigenvalue weighted by atomic mass is 16.4. The zero-order chi connectivity index (χ0) is 18.2. The monoisotopic (exact) mass is 348 g/mol. The van der Waals surface area contributed by atoms with Gasteiger partial charge in [0, 0.05) is 6.42 Å². The Labute approximate surface area is 153 Å². The van der Waals surface area contributed by atoms with Gasteiger partial charge in [0.1, 0.15) is 0 Å². The van der Waals surface area contributed by atoms with Gasteiger partial charge in [0.05, 0.1) is 6.10 Å². The molecule has 0 saturated carbocycles. The molecule has 0 saturated heterocycles. The molecule has 142 valence electrons. The van der Waals surface area contributed by atoms with Gasteiger partial charge in [-0.3, -0.25) is 4.79 Å². The molecular weight excluding hydrogens is 312 g/mol. The van der Waals surface area contributed by atoms with Gasteiger partial charge in [-0.15, -0.1) is 0 Å². The molecule has 1 aromatic carbocycles. The summed E-state index contributed by atoms with van der Waals surface area (Å²) in [6, 6.07) is 9.94. The lowest BCUT2D eigenvalue weighted by atomic mass is 10.0. The molecule has 1 rings (SSSR count). The SMILES string of the molecule is O=C(O)CCCCCCCCCCCCCCC(O)c1ccccc1. The first-order chi connectivity index (χ1) is 12.2. The number of aliphatic carboxylic acids is 1. The topological polar surface area (TPSA) is 57.5 Å². The van der Waals surface area contributed by atoms with Crippen LogP contribution in [0.3, 0.4) is 0 Å². The van der Waals surface area contributed by atoms with E-state index >= 15 is 0 Å². The Kier molecular flexibility index (Phi) is 13.0. The molecule has 0 aliphatic rings. The molecule has 3 nitrogen and oxygen atoms in total. The third kappa shape index (κ3) is 12.6. The number of aliphatic hydroxyl groups is 1. The van der Waals surface area contributed by atoms with Crippen molar-refractivity contribution in [3.05, 3.63) is 35.9 Å². The van der Waals surface area contributed by atoms with Crippen molar-refractivity contribution < 1.29 is 15.0 Å². The highest BCUT2D eigenvalue weighted by molar-refractivity contribution is 5.66. The number of aliphatic hydroxyl groups excluding tert-OH is 1. The summed E-state index contributed by atoms with van der Waals surface area (Å²) in [7, 11) is 0. The molecule has 1 atom stereocenters. The number of rotatable bonds is 16. The van der Waals surface area contributed by atoms with Crippen LogP contribution in [0.2, 0.25) is 0 Å². The van der Waals surface area contributed by atoms with Crippen LogP contribution in [0.5, 0.6) is 0 Å². The highest BCUT2D eigenvalue weighted by Gasteiger charge is 2.05. The first-order valence-electron chi connectivity index (χ1n) is 10.1. The molecule has 2 N–H and O–H groups in total. The molecule has 25 heavy (non-hydrogen) atoms. The summed E-state index contributed by atoms with van der Waals surface area (Å²) in [4.78, 5) is 10.4. The lowest BCUT2D eigenvalue weighted by Gasteiger charge is -2.10. The summed E-state index contributed by atoms with van der Waals surface area (Å²) in [6.45, 7) is 0. The summed E-state index contributed by atoms with van der Waals surface area (Å²) in [5, 5.41) is 18.7. The summed E-state index contributed by atoms with van der Waals surface area (Å²) >= 11 is 0. The Morgan fingerprint density at radius 3 is 1.64 bits per heavy atom. The fourth-order valence-corrected chi connectivity index (χ4v) is 3.22. The Bertz CT molecular complexity index is 430. The molecule has 0 heterocycles. The van der Waals surface area contributed by atoms with Crippen molar-refractivity contribution in [1.29, 1.82) is 0 Å². The number of carboxylic acid groups (broad SMARTS) is 1. The Balaban J connectivity index is 1.79. The van der Waals surface area contributed by atoms with Crippen LogP contribution in [0.4, 0.5) is 0 Å². The van der Waals surface area contributed by atoms with Crippen molar-refractivity contribution in [3.63, 3.8) is 0 Å². The lowest BCUT2D eigenvalue weighted by molar-refractivity contribution is -0.137. The van der Waals surface area contributed by atoms with Gasteiger partial charge < -0.3 is 10.2 Å². The van der Waals surface area contributed by atoms with Crippen molar-refractivity contribution in [2.45, 2.75) is 96.0 Å². The molecule has 0 aliphatic heterocycles. The Morgan fingerprint density at radius 1 is 0.720 bits per heavy atom. The standard InChI is InChI=1S/C22H36O3/c23-21(20-16-12-11-13-17-20)18-14-9-7-5-3-1-2-4-6-8-10-15-19-22(24)25/h11-13,16-17,21,23H,1-10,14-15,18-19H2,(H,24,25). The summed E-state index contributed by atoms with van der Waals surface area (Å²) in [6.07, 6.45) is 15.3. The smallest absolute Gasteiger partial charge is 0.303 e. The molecule has 0 fully saturated rings. The van der Waals surface area contributed by atoms with Crippen molar-refractivity contribution in [3.8, 4) is 0 Å². The second-order valence-electron chi connectivity index (χ2n) is 7.10. The van der Waals surface area contributed by atoms with Crippen LogP contribution in [0.1, 0.15) is 102 Å². The van der Waals surface area contributed by atoms with Crippen LogP contribution in [-0.4, -0.2) is 16.2 Å². The van der Waals surface area contributed by atoms with Crippen LogP contribution < -0.4 is 0 Å². The van der Waals surface area contributed by atoms with Crippen LogP contribution in [0.15, 0.2) is 30.3 Å². The maximum atomic E-state index is 10.4. The third-order valence-electron chi connectivity index (χ3n) is 4.80. The first-order valence-corrected chi connectivity index (χ1v) is 10.1. The van der Waals surface area contributed by atoms with E-state index in [2.05, 4.69) is 0 Å². The first kappa shape index (κ1) is 21.7. The lowest BCUT2D eigenvalue weighted by Crippen LogP contribution is -1.96. The molecule has 1 unspecified atom stereocenters. The van der Waals surface area contributed by atoms with Crippen molar-refractivity contribution in [2.75, 3.05) is 0 Å². The minimum Gasteiger partial charge on any atom is -0.481 e. The highest BCUT2D eigenvalue weighted by Crippen LogP contribution is 2.20. The Hall–Kier alpha value is -1.35. The molecule has 1 aromatic rings. The van der Waals surface area contributed by atoms with Gasteiger partial charge in [-0.2, -0.15) is 0 Å². The molecule has 0 radical (unpaired) electrons. The third-order valence-corrected chi connectivity index (χ3v) is 4.80. The number of carboxylic acids is 1. The van der Waals surface area contributed by atoms with E-state index in [4.69, 9.17) is 5.11 Å². The zero-order valence-corrected chi connectivity index (χ0v) is 15.7. The Morgan fingerprint density at radius 2 is 1.16 bits per heavy atom. The fourth-order valence-electron chi connectivity index (χ4n) is 3.22. The maximum Gasteiger partial charge on any atom is 0.303 e. The maximum absolute atomic E-state index is 10.4. The number of carbonyl (C=O) groups is 1. The molecular formula is C22H36O3.